The van der Waals surface area contributed by atoms with Crippen molar-refractivity contribution in [3.05, 3.63) is 0 Å². The Bertz CT molecular complexity index is 270. The Morgan fingerprint density at radius 2 is 1.71 bits per heavy atom. The van der Waals surface area contributed by atoms with Crippen LogP contribution in [0.25, 0.3) is 0 Å². The van der Waals surface area contributed by atoms with Gasteiger partial charge in [-0.2, -0.15) is 0 Å². The molecule has 0 saturated heterocycles. The zero-order chi connectivity index (χ0) is 13.6. The van der Waals surface area contributed by atoms with Gasteiger partial charge in [0.2, 0.25) is 0 Å². The number of carbonyl (C=O) groups excluding carboxylic acids is 2. The van der Waals surface area contributed by atoms with E-state index in [1.54, 1.807) is 13.8 Å². The summed E-state index contributed by atoms with van der Waals surface area (Å²) < 4.78 is 8.98. The van der Waals surface area contributed by atoms with Gasteiger partial charge in [-0.1, -0.05) is 13.8 Å². The van der Waals surface area contributed by atoms with Crippen molar-refractivity contribution in [2.45, 2.75) is 32.2 Å². The molecule has 6 N–H and O–H groups in total. The summed E-state index contributed by atoms with van der Waals surface area (Å²) in [5.41, 5.74) is 9.53. The Morgan fingerprint density at radius 1 is 1.18 bits per heavy atom. The third-order valence-corrected chi connectivity index (χ3v) is 2.04. The number of primary amides is 2. The van der Waals surface area contributed by atoms with Gasteiger partial charge in [-0.25, -0.2) is 9.59 Å². The molecule has 0 aromatic heterocycles. The summed E-state index contributed by atoms with van der Waals surface area (Å²) >= 11 is 0. The third kappa shape index (κ3) is 5.93. The van der Waals surface area contributed by atoms with Crippen LogP contribution in [0, 0.1) is 5.92 Å². The maximum Gasteiger partial charge on any atom is 0.404 e. The van der Waals surface area contributed by atoms with Crippen LogP contribution in [-0.2, 0) is 9.47 Å². The van der Waals surface area contributed by atoms with Gasteiger partial charge in [0.15, 0.2) is 0 Å². The highest BCUT2D eigenvalue weighted by molar-refractivity contribution is 5.65. The molecule has 0 saturated carbocycles. The topological polar surface area (TPSA) is 145 Å². The molecule has 2 amide bonds. The van der Waals surface area contributed by atoms with E-state index >= 15 is 0 Å². The molecule has 3 atom stereocenters. The summed E-state index contributed by atoms with van der Waals surface area (Å²) in [5.74, 6) is -0.277. The molecular weight excluding hydrogens is 232 g/mol. The quantitative estimate of drug-likeness (QED) is 0.472. The Balaban J connectivity index is 4.43. The maximum absolute atomic E-state index is 10.6. The van der Waals surface area contributed by atoms with Gasteiger partial charge in [0.25, 0.3) is 0 Å². The van der Waals surface area contributed by atoms with Crippen molar-refractivity contribution >= 4 is 12.2 Å². The van der Waals surface area contributed by atoms with E-state index in [1.165, 1.54) is 0 Å². The zero-order valence-electron chi connectivity index (χ0n) is 9.70. The van der Waals surface area contributed by atoms with Gasteiger partial charge in [0, 0.05) is 0 Å². The summed E-state index contributed by atoms with van der Waals surface area (Å²) in [7, 11) is 0. The number of hydrogen-bond donors (Lipinski definition) is 4. The first-order chi connectivity index (χ1) is 7.75. The Hall–Kier alpha value is -1.54. The molecule has 0 spiro atoms. The third-order valence-electron chi connectivity index (χ3n) is 2.04. The first-order valence-corrected chi connectivity index (χ1v) is 5.00. The van der Waals surface area contributed by atoms with Gasteiger partial charge in [-0.15, -0.1) is 0 Å². The molecule has 100 valence electrons. The minimum absolute atomic E-state index is 0.277. The lowest BCUT2D eigenvalue weighted by Gasteiger charge is -2.28. The standard InChI is InChI=1S/C9H18N2O6/c1-4(2)7(17-9(11)15)6(13)5(12)3-16-8(10)14/h4-7,12-13H,3H2,1-2H3,(H2,10,14)(H2,11,15). The summed E-state index contributed by atoms with van der Waals surface area (Å²) in [6.07, 6.45) is -5.99. The first kappa shape index (κ1) is 15.5. The van der Waals surface area contributed by atoms with Crippen LogP contribution in [0.15, 0.2) is 0 Å². The highest BCUT2D eigenvalue weighted by Crippen LogP contribution is 2.14. The largest absolute Gasteiger partial charge is 0.447 e. The average Bonchev–Trinajstić information content (AvgIpc) is 2.20. The predicted octanol–water partition coefficient (Wildman–Crippen LogP) is -1.08. The number of aliphatic hydroxyl groups is 2. The molecule has 0 heterocycles. The number of aliphatic hydroxyl groups excluding tert-OH is 2. The second kappa shape index (κ2) is 6.92. The number of rotatable bonds is 6. The molecule has 0 radical (unpaired) electrons. The van der Waals surface area contributed by atoms with Crippen molar-refractivity contribution in [2.75, 3.05) is 6.61 Å². The zero-order valence-corrected chi connectivity index (χ0v) is 9.70. The normalized spacial score (nSPS) is 16.1. The van der Waals surface area contributed by atoms with Gasteiger partial charge >= 0.3 is 12.2 Å². The fourth-order valence-corrected chi connectivity index (χ4v) is 1.22. The highest BCUT2D eigenvalue weighted by atomic mass is 16.6. The van der Waals surface area contributed by atoms with Gasteiger partial charge in [-0.05, 0) is 5.92 Å². The van der Waals surface area contributed by atoms with Crippen molar-refractivity contribution in [1.29, 1.82) is 0 Å². The molecule has 8 heteroatoms. The van der Waals surface area contributed by atoms with Crippen LogP contribution in [0.2, 0.25) is 0 Å². The van der Waals surface area contributed by atoms with Crippen LogP contribution in [0.4, 0.5) is 9.59 Å². The van der Waals surface area contributed by atoms with Crippen LogP contribution in [0.1, 0.15) is 13.8 Å². The van der Waals surface area contributed by atoms with E-state index in [1.807, 2.05) is 0 Å². The molecule has 0 aliphatic carbocycles. The van der Waals surface area contributed by atoms with E-state index in [-0.39, 0.29) is 5.92 Å². The molecule has 0 rings (SSSR count). The minimum atomic E-state index is -1.43. The molecule has 0 aromatic carbocycles. The number of nitrogens with two attached hydrogens (primary N) is 2. The average molecular weight is 250 g/mol. The number of amides is 2. The summed E-state index contributed by atoms with van der Waals surface area (Å²) in [6.45, 7) is 2.83. The highest BCUT2D eigenvalue weighted by Gasteiger charge is 2.32. The molecular formula is C9H18N2O6. The van der Waals surface area contributed by atoms with Gasteiger partial charge in [0.1, 0.15) is 24.9 Å². The second-order valence-electron chi connectivity index (χ2n) is 3.83. The SMILES string of the molecule is CC(C)C(OC(N)=O)C(O)C(O)COC(N)=O. The molecule has 3 unspecified atom stereocenters. The van der Waals surface area contributed by atoms with Crippen LogP contribution < -0.4 is 11.5 Å². The second-order valence-corrected chi connectivity index (χ2v) is 3.83. The van der Waals surface area contributed by atoms with E-state index in [2.05, 4.69) is 9.47 Å². The molecule has 0 aromatic rings. The molecule has 0 aliphatic rings. The number of carbonyl (C=O) groups is 2. The maximum atomic E-state index is 10.6. The Labute approximate surface area is 98.5 Å². The molecule has 17 heavy (non-hydrogen) atoms. The molecule has 8 nitrogen and oxygen atoms in total. The Kier molecular flexibility index (Phi) is 6.29. The monoisotopic (exact) mass is 250 g/mol. The van der Waals surface area contributed by atoms with Crippen molar-refractivity contribution in [3.63, 3.8) is 0 Å². The van der Waals surface area contributed by atoms with Crippen molar-refractivity contribution in [1.82, 2.24) is 0 Å². The lowest BCUT2D eigenvalue weighted by Crippen LogP contribution is -2.46. The van der Waals surface area contributed by atoms with Crippen LogP contribution >= 0.6 is 0 Å². The van der Waals surface area contributed by atoms with E-state index in [4.69, 9.17) is 11.5 Å². The molecule has 0 fully saturated rings. The van der Waals surface area contributed by atoms with E-state index in [0.717, 1.165) is 0 Å². The first-order valence-electron chi connectivity index (χ1n) is 5.00. The van der Waals surface area contributed by atoms with Crippen LogP contribution in [-0.4, -0.2) is 47.3 Å². The van der Waals surface area contributed by atoms with Crippen molar-refractivity contribution in [2.24, 2.45) is 17.4 Å². The van der Waals surface area contributed by atoms with Gasteiger partial charge < -0.3 is 31.2 Å². The van der Waals surface area contributed by atoms with Crippen LogP contribution in [0.5, 0.6) is 0 Å². The fourth-order valence-electron chi connectivity index (χ4n) is 1.22. The fraction of sp³-hybridized carbons (Fsp3) is 0.778. The minimum Gasteiger partial charge on any atom is -0.447 e. The van der Waals surface area contributed by atoms with E-state index in [0.29, 0.717) is 0 Å². The van der Waals surface area contributed by atoms with Crippen molar-refractivity contribution < 1.29 is 29.3 Å². The van der Waals surface area contributed by atoms with E-state index < -0.39 is 37.1 Å². The predicted molar refractivity (Wildman–Crippen MR) is 56.8 cm³/mol. The van der Waals surface area contributed by atoms with Crippen LogP contribution in [0.3, 0.4) is 0 Å². The molecule has 0 aliphatic heterocycles. The van der Waals surface area contributed by atoms with Crippen molar-refractivity contribution in [3.8, 4) is 0 Å². The summed E-state index contributed by atoms with van der Waals surface area (Å²) in [4.78, 5) is 20.9. The van der Waals surface area contributed by atoms with E-state index in [9.17, 15) is 19.8 Å². The lowest BCUT2D eigenvalue weighted by molar-refractivity contribution is -0.0924. The van der Waals surface area contributed by atoms with Gasteiger partial charge in [-0.3, -0.25) is 0 Å². The number of ether oxygens (including phenoxy) is 2. The smallest absolute Gasteiger partial charge is 0.404 e. The van der Waals surface area contributed by atoms with Gasteiger partial charge in [0.05, 0.1) is 0 Å². The lowest BCUT2D eigenvalue weighted by atomic mass is 9.98. The summed E-state index contributed by atoms with van der Waals surface area (Å²) in [5, 5.41) is 19.2. The Morgan fingerprint density at radius 3 is 2.06 bits per heavy atom. The summed E-state index contributed by atoms with van der Waals surface area (Å²) in [6, 6.07) is 0. The molecule has 0 bridgehead atoms. The number of hydrogen-bond acceptors (Lipinski definition) is 6.